The highest BCUT2D eigenvalue weighted by molar-refractivity contribution is 5.94. The molecule has 2 aromatic rings. The molecule has 0 unspecified atom stereocenters. The van der Waals surface area contributed by atoms with Gasteiger partial charge in [0.25, 0.3) is 5.91 Å². The number of aliphatic hydroxyl groups excluding tert-OH is 1. The highest BCUT2D eigenvalue weighted by atomic mass is 16.5. The van der Waals surface area contributed by atoms with Gasteiger partial charge in [0.05, 0.1) is 32.4 Å². The Morgan fingerprint density at radius 3 is 2.57 bits per heavy atom. The minimum absolute atomic E-state index is 0.190. The largest absolute Gasteiger partial charge is 0.497 e. The van der Waals surface area contributed by atoms with Gasteiger partial charge in [-0.2, -0.15) is 0 Å². The second kappa shape index (κ2) is 9.47. The van der Waals surface area contributed by atoms with Crippen molar-refractivity contribution >= 4 is 5.91 Å². The summed E-state index contributed by atoms with van der Waals surface area (Å²) in [6, 6.07) is 16.0. The molecule has 0 bridgehead atoms. The van der Waals surface area contributed by atoms with Crippen LogP contribution in [0.25, 0.3) is 0 Å². The van der Waals surface area contributed by atoms with Crippen molar-refractivity contribution in [2.45, 2.75) is 30.7 Å². The van der Waals surface area contributed by atoms with Crippen molar-refractivity contribution in [3.05, 3.63) is 60.2 Å². The van der Waals surface area contributed by atoms with E-state index in [1.165, 1.54) is 0 Å². The first kappa shape index (κ1) is 20.7. The number of benzene rings is 2. The minimum atomic E-state index is -0.723. The second-order valence-electron chi connectivity index (χ2n) is 7.65. The van der Waals surface area contributed by atoms with Crippen LogP contribution in [0.1, 0.15) is 16.8 Å². The van der Waals surface area contributed by atoms with Gasteiger partial charge in [0.2, 0.25) is 0 Å². The van der Waals surface area contributed by atoms with Gasteiger partial charge < -0.3 is 24.6 Å². The van der Waals surface area contributed by atoms with Gasteiger partial charge in [-0.25, -0.2) is 0 Å². The molecule has 160 valence electrons. The van der Waals surface area contributed by atoms with Crippen LogP contribution in [0, 0.1) is 0 Å². The molecule has 7 heteroatoms. The number of aliphatic hydroxyl groups is 1. The van der Waals surface area contributed by atoms with Gasteiger partial charge in [0.1, 0.15) is 23.7 Å². The third-order valence-corrected chi connectivity index (χ3v) is 5.78. The summed E-state index contributed by atoms with van der Waals surface area (Å²) in [7, 11) is 1.57. The Morgan fingerprint density at radius 1 is 1.10 bits per heavy atom. The van der Waals surface area contributed by atoms with E-state index in [4.69, 9.17) is 14.2 Å². The number of methoxy groups -OCH3 is 1. The molecule has 2 aromatic carbocycles. The van der Waals surface area contributed by atoms with Gasteiger partial charge in [-0.15, -0.1) is 0 Å². The van der Waals surface area contributed by atoms with E-state index in [2.05, 4.69) is 10.2 Å². The number of hydrogen-bond acceptors (Lipinski definition) is 6. The van der Waals surface area contributed by atoms with Crippen LogP contribution in [-0.4, -0.2) is 73.6 Å². The highest BCUT2D eigenvalue weighted by Crippen LogP contribution is 2.30. The smallest absolute Gasteiger partial charge is 0.251 e. The Balaban J connectivity index is 1.52. The summed E-state index contributed by atoms with van der Waals surface area (Å²) in [6.07, 6.45) is -0.608. The summed E-state index contributed by atoms with van der Waals surface area (Å²) in [5.74, 6) is 1.15. The van der Waals surface area contributed by atoms with E-state index in [0.717, 1.165) is 0 Å². The fourth-order valence-electron chi connectivity index (χ4n) is 4.29. The van der Waals surface area contributed by atoms with Crippen molar-refractivity contribution in [3.8, 4) is 11.5 Å². The van der Waals surface area contributed by atoms with Crippen LogP contribution in [0.2, 0.25) is 0 Å². The third-order valence-electron chi connectivity index (χ3n) is 5.78. The maximum absolute atomic E-state index is 12.9. The number of morpholine rings is 1. The number of hydrogen-bond donors (Lipinski definition) is 2. The van der Waals surface area contributed by atoms with Crippen molar-refractivity contribution < 1.29 is 24.1 Å². The molecular weight excluding hydrogens is 384 g/mol. The summed E-state index contributed by atoms with van der Waals surface area (Å²) < 4.78 is 16.8. The second-order valence-corrected chi connectivity index (χ2v) is 7.65. The predicted octanol–water partition coefficient (Wildman–Crippen LogP) is 1.71. The van der Waals surface area contributed by atoms with Crippen LogP contribution in [0.15, 0.2) is 54.6 Å². The molecule has 7 nitrogen and oxygen atoms in total. The lowest BCUT2D eigenvalue weighted by molar-refractivity contribution is -0.0350. The monoisotopic (exact) mass is 412 g/mol. The molecule has 1 aliphatic carbocycles. The number of rotatable bonds is 6. The molecule has 4 atom stereocenters. The van der Waals surface area contributed by atoms with Gasteiger partial charge in [-0.1, -0.05) is 24.3 Å². The summed E-state index contributed by atoms with van der Waals surface area (Å²) in [5.41, 5.74) is 0.525. The molecule has 2 fully saturated rings. The first-order valence-corrected chi connectivity index (χ1v) is 10.3. The lowest BCUT2D eigenvalue weighted by Crippen LogP contribution is -2.56. The zero-order chi connectivity index (χ0) is 20.9. The molecule has 2 aliphatic rings. The van der Waals surface area contributed by atoms with Crippen LogP contribution in [-0.2, 0) is 4.74 Å². The van der Waals surface area contributed by atoms with Crippen LogP contribution < -0.4 is 14.8 Å². The lowest BCUT2D eigenvalue weighted by Gasteiger charge is -2.37. The predicted molar refractivity (Wildman–Crippen MR) is 112 cm³/mol. The van der Waals surface area contributed by atoms with E-state index in [9.17, 15) is 9.90 Å². The number of para-hydroxylation sites is 1. The SMILES string of the molecule is COc1cccc(C(=O)N[C@@H]2C[C@@H](Oc3ccccc3)[C@H](O)[C@H]2N2CCOCC2)c1. The Morgan fingerprint density at radius 2 is 1.83 bits per heavy atom. The average molecular weight is 412 g/mol. The number of nitrogens with zero attached hydrogens (tertiary/aromatic N) is 1. The summed E-state index contributed by atoms with van der Waals surface area (Å²) in [5, 5.41) is 14.2. The van der Waals surface area contributed by atoms with Gasteiger partial charge >= 0.3 is 0 Å². The molecule has 0 radical (unpaired) electrons. The molecule has 1 aliphatic heterocycles. The van der Waals surface area contributed by atoms with Crippen LogP contribution in [0.3, 0.4) is 0 Å². The van der Waals surface area contributed by atoms with Crippen molar-refractivity contribution in [2.75, 3.05) is 33.4 Å². The van der Waals surface area contributed by atoms with Crippen LogP contribution in [0.4, 0.5) is 0 Å². The molecule has 1 saturated carbocycles. The fraction of sp³-hybridized carbons (Fsp3) is 0.435. The van der Waals surface area contributed by atoms with E-state index in [1.807, 2.05) is 30.3 Å². The van der Waals surface area contributed by atoms with E-state index in [0.29, 0.717) is 49.8 Å². The van der Waals surface area contributed by atoms with Gasteiger partial charge in [-0.3, -0.25) is 9.69 Å². The van der Waals surface area contributed by atoms with Gasteiger partial charge in [0.15, 0.2) is 0 Å². The first-order chi connectivity index (χ1) is 14.7. The maximum atomic E-state index is 12.9. The third kappa shape index (κ3) is 4.59. The van der Waals surface area contributed by atoms with E-state index in [1.54, 1.807) is 31.4 Å². The number of carbonyl (C=O) groups is 1. The molecule has 1 amide bonds. The quantitative estimate of drug-likeness (QED) is 0.752. The molecule has 4 rings (SSSR count). The Labute approximate surface area is 176 Å². The minimum Gasteiger partial charge on any atom is -0.497 e. The standard InChI is InChI=1S/C23H28N2O5/c1-28-18-9-5-6-16(14-18)23(27)24-19-15-20(30-17-7-3-2-4-8-17)22(26)21(19)25-10-12-29-13-11-25/h2-9,14,19-22,26H,10-13,15H2,1H3,(H,24,27)/t19-,20-,21+,22+/m1/s1. The van der Waals surface area contributed by atoms with E-state index < -0.39 is 12.2 Å². The molecular formula is C23H28N2O5. The van der Waals surface area contributed by atoms with Crippen molar-refractivity contribution in [1.29, 1.82) is 0 Å². The summed E-state index contributed by atoms with van der Waals surface area (Å²) in [6.45, 7) is 2.66. The fourth-order valence-corrected chi connectivity index (χ4v) is 4.29. The Bertz CT molecular complexity index is 840. The van der Waals surface area contributed by atoms with Gasteiger partial charge in [-0.05, 0) is 30.3 Å². The zero-order valence-corrected chi connectivity index (χ0v) is 17.1. The maximum Gasteiger partial charge on any atom is 0.251 e. The highest BCUT2D eigenvalue weighted by Gasteiger charge is 2.47. The van der Waals surface area contributed by atoms with Crippen LogP contribution >= 0.6 is 0 Å². The molecule has 0 spiro atoms. The summed E-state index contributed by atoms with van der Waals surface area (Å²) >= 11 is 0. The number of carbonyl (C=O) groups excluding carboxylic acids is 1. The Hall–Kier alpha value is -2.61. The molecule has 2 N–H and O–H groups in total. The Kier molecular flexibility index (Phi) is 6.52. The van der Waals surface area contributed by atoms with E-state index >= 15 is 0 Å². The molecule has 30 heavy (non-hydrogen) atoms. The first-order valence-electron chi connectivity index (χ1n) is 10.3. The molecule has 1 heterocycles. The lowest BCUT2D eigenvalue weighted by atomic mass is 10.1. The zero-order valence-electron chi connectivity index (χ0n) is 17.1. The summed E-state index contributed by atoms with van der Waals surface area (Å²) in [4.78, 5) is 15.1. The normalized spacial score (nSPS) is 26.9. The molecule has 1 saturated heterocycles. The van der Waals surface area contributed by atoms with Gasteiger partial charge in [0, 0.05) is 25.1 Å². The number of amides is 1. The average Bonchev–Trinajstić information content (AvgIpc) is 3.09. The van der Waals surface area contributed by atoms with Crippen molar-refractivity contribution in [2.24, 2.45) is 0 Å². The molecule has 0 aromatic heterocycles. The van der Waals surface area contributed by atoms with Crippen molar-refractivity contribution in [3.63, 3.8) is 0 Å². The van der Waals surface area contributed by atoms with E-state index in [-0.39, 0.29) is 18.0 Å². The topological polar surface area (TPSA) is 80.3 Å². The number of nitrogens with one attached hydrogen (secondary N) is 1. The number of ether oxygens (including phenoxy) is 3. The van der Waals surface area contributed by atoms with Crippen molar-refractivity contribution in [1.82, 2.24) is 10.2 Å². The van der Waals surface area contributed by atoms with Crippen LogP contribution in [0.5, 0.6) is 11.5 Å².